The lowest BCUT2D eigenvalue weighted by atomic mass is 9.94. The maximum absolute atomic E-state index is 13.2. The number of benzene rings is 1. The molecule has 6 nitrogen and oxygen atoms in total. The number of alkyl halides is 2. The largest absolute Gasteiger partial charge is 0.465 e. The maximum Gasteiger partial charge on any atom is 0.408 e. The van der Waals surface area contributed by atoms with Gasteiger partial charge in [0.15, 0.2) is 0 Å². The lowest BCUT2D eigenvalue weighted by Crippen LogP contribution is -2.47. The molecular weight excluding hydrogens is 354 g/mol. The van der Waals surface area contributed by atoms with Crippen LogP contribution in [0.4, 0.5) is 19.3 Å². The van der Waals surface area contributed by atoms with Crippen LogP contribution in [0.25, 0.3) is 11.3 Å². The van der Waals surface area contributed by atoms with Crippen molar-refractivity contribution in [2.45, 2.75) is 45.3 Å². The van der Waals surface area contributed by atoms with Gasteiger partial charge in [-0.25, -0.2) is 9.48 Å². The third kappa shape index (κ3) is 4.27. The van der Waals surface area contributed by atoms with Crippen molar-refractivity contribution in [2.24, 2.45) is 0 Å². The molecule has 1 amide bonds. The van der Waals surface area contributed by atoms with E-state index in [1.165, 1.54) is 11.1 Å². The molecule has 146 valence electrons. The van der Waals surface area contributed by atoms with Crippen LogP contribution in [-0.4, -0.2) is 31.4 Å². The van der Waals surface area contributed by atoms with Crippen LogP contribution in [0.15, 0.2) is 43.1 Å². The fourth-order valence-electron chi connectivity index (χ4n) is 3.15. The van der Waals surface area contributed by atoms with Gasteiger partial charge in [0, 0.05) is 11.1 Å². The van der Waals surface area contributed by atoms with Crippen molar-refractivity contribution in [1.82, 2.24) is 14.7 Å². The Kier molecular flexibility index (Phi) is 5.88. The highest BCUT2D eigenvalue weighted by Gasteiger charge is 2.33. The fraction of sp³-hybridized carbons (Fsp3) is 0.368. The van der Waals surface area contributed by atoms with E-state index in [0.717, 1.165) is 0 Å². The number of nitrogens with two attached hydrogens (primary N) is 1. The minimum atomic E-state index is -2.84. The molecule has 2 aromatic rings. The third-order valence-corrected chi connectivity index (χ3v) is 4.18. The van der Waals surface area contributed by atoms with E-state index >= 15 is 0 Å². The first-order valence-electron chi connectivity index (χ1n) is 8.42. The van der Waals surface area contributed by atoms with Gasteiger partial charge in [-0.2, -0.15) is 13.9 Å². The number of carbonyl (C=O) groups is 1. The lowest BCUT2D eigenvalue weighted by molar-refractivity contribution is 0.0585. The molecule has 0 bridgehead atoms. The molecule has 1 aromatic carbocycles. The van der Waals surface area contributed by atoms with E-state index in [2.05, 4.69) is 11.7 Å². The highest BCUT2D eigenvalue weighted by Crippen LogP contribution is 2.35. The molecule has 0 spiro atoms. The Morgan fingerprint density at radius 2 is 2.11 bits per heavy atom. The quantitative estimate of drug-likeness (QED) is 0.699. The predicted octanol–water partition coefficient (Wildman–Crippen LogP) is 4.92. The Morgan fingerprint density at radius 3 is 2.63 bits per heavy atom. The molecule has 8 heteroatoms. The van der Waals surface area contributed by atoms with Crippen molar-refractivity contribution >= 4 is 11.8 Å². The zero-order valence-corrected chi connectivity index (χ0v) is 15.6. The van der Waals surface area contributed by atoms with Gasteiger partial charge < -0.3 is 10.8 Å². The summed E-state index contributed by atoms with van der Waals surface area (Å²) in [4.78, 5) is 13.2. The molecule has 1 aromatic heterocycles. The van der Waals surface area contributed by atoms with Gasteiger partial charge in [-0.1, -0.05) is 24.3 Å². The van der Waals surface area contributed by atoms with E-state index in [1.54, 1.807) is 51.1 Å². The van der Waals surface area contributed by atoms with Crippen LogP contribution in [0, 0.1) is 0 Å². The number of halogens is 2. The molecule has 0 saturated carbocycles. The van der Waals surface area contributed by atoms with Crippen molar-refractivity contribution in [3.8, 4) is 11.3 Å². The van der Waals surface area contributed by atoms with Crippen LogP contribution >= 0.6 is 0 Å². The van der Waals surface area contributed by atoms with Crippen LogP contribution in [0.2, 0.25) is 0 Å². The number of nitrogens with zero attached hydrogens (tertiary/aromatic N) is 3. The average Bonchev–Trinajstić information content (AvgIpc) is 2.95. The third-order valence-electron chi connectivity index (χ3n) is 4.18. The number of nitrogen functional groups attached to an aromatic ring is 1. The van der Waals surface area contributed by atoms with Gasteiger partial charge in [-0.3, -0.25) is 4.90 Å². The number of aromatic nitrogens is 2. The van der Waals surface area contributed by atoms with Crippen molar-refractivity contribution in [3.63, 3.8) is 0 Å². The molecule has 0 saturated heterocycles. The van der Waals surface area contributed by atoms with Gasteiger partial charge in [0.05, 0.1) is 23.6 Å². The number of carboxylic acid groups (broad SMARTS) is 1. The molecule has 0 aliphatic rings. The second kappa shape index (κ2) is 7.77. The van der Waals surface area contributed by atoms with Crippen molar-refractivity contribution in [2.75, 3.05) is 5.73 Å². The Morgan fingerprint density at radius 1 is 1.44 bits per heavy atom. The minimum Gasteiger partial charge on any atom is -0.465 e. The Bertz CT molecular complexity index is 827. The molecule has 27 heavy (non-hydrogen) atoms. The normalized spacial score (nSPS) is 12.8. The first-order valence-corrected chi connectivity index (χ1v) is 8.42. The van der Waals surface area contributed by atoms with Gasteiger partial charge in [0.2, 0.25) is 0 Å². The van der Waals surface area contributed by atoms with Gasteiger partial charge in [0.25, 0.3) is 0 Å². The summed E-state index contributed by atoms with van der Waals surface area (Å²) < 4.78 is 27.0. The molecule has 0 fully saturated rings. The molecule has 3 N–H and O–H groups in total. The van der Waals surface area contributed by atoms with Crippen LogP contribution in [0.1, 0.15) is 45.3 Å². The van der Waals surface area contributed by atoms with Crippen LogP contribution < -0.4 is 5.73 Å². The number of amides is 1. The molecule has 1 heterocycles. The van der Waals surface area contributed by atoms with E-state index in [4.69, 9.17) is 5.73 Å². The molecule has 0 unspecified atom stereocenters. The summed E-state index contributed by atoms with van der Waals surface area (Å²) in [5.41, 5.74) is 6.49. The average molecular weight is 378 g/mol. The van der Waals surface area contributed by atoms with Gasteiger partial charge >= 0.3 is 12.6 Å². The van der Waals surface area contributed by atoms with Gasteiger partial charge in [0.1, 0.15) is 0 Å². The Labute approximate surface area is 156 Å². The first kappa shape index (κ1) is 20.4. The SMILES string of the molecule is C=CC[C@@H](c1cccc(-c2c(N)cnn2C(F)F)c1)N(C(=O)O)C(C)(C)C. The van der Waals surface area contributed by atoms with Crippen molar-refractivity contribution in [3.05, 3.63) is 48.7 Å². The molecule has 0 aliphatic carbocycles. The molecule has 2 rings (SSSR count). The fourth-order valence-corrected chi connectivity index (χ4v) is 3.15. The lowest BCUT2D eigenvalue weighted by Gasteiger charge is -2.39. The number of hydrogen-bond donors (Lipinski definition) is 2. The predicted molar refractivity (Wildman–Crippen MR) is 101 cm³/mol. The Hall–Kier alpha value is -2.90. The van der Waals surface area contributed by atoms with Crippen LogP contribution in [0.5, 0.6) is 0 Å². The summed E-state index contributed by atoms with van der Waals surface area (Å²) >= 11 is 0. The second-order valence-corrected chi connectivity index (χ2v) is 7.16. The summed E-state index contributed by atoms with van der Waals surface area (Å²) in [6, 6.07) is 6.24. The maximum atomic E-state index is 13.2. The highest BCUT2D eigenvalue weighted by molar-refractivity contribution is 5.73. The topological polar surface area (TPSA) is 84.4 Å². The Balaban J connectivity index is 2.58. The summed E-state index contributed by atoms with van der Waals surface area (Å²) in [5.74, 6) is 0. The first-order chi connectivity index (χ1) is 12.6. The standard InChI is InChI=1S/C19H24F2N4O2/c1-5-7-15(24(18(26)27)19(2,3)4)12-8-6-9-13(10-12)16-14(22)11-23-25(16)17(20)21/h5-6,8-11,15,17H,1,7,22H2,2-4H3,(H,26,27)/t15-/m0/s1. The van der Waals surface area contributed by atoms with E-state index in [-0.39, 0.29) is 11.4 Å². The monoisotopic (exact) mass is 378 g/mol. The van der Waals surface area contributed by atoms with Crippen molar-refractivity contribution in [1.29, 1.82) is 0 Å². The van der Waals surface area contributed by atoms with Gasteiger partial charge in [-0.15, -0.1) is 6.58 Å². The number of hydrogen-bond acceptors (Lipinski definition) is 3. The number of rotatable bonds is 6. The highest BCUT2D eigenvalue weighted by atomic mass is 19.3. The molecular formula is C19H24F2N4O2. The summed E-state index contributed by atoms with van der Waals surface area (Å²) in [6.45, 7) is 6.27. The minimum absolute atomic E-state index is 0.0989. The zero-order valence-electron chi connectivity index (χ0n) is 15.6. The van der Waals surface area contributed by atoms with Gasteiger partial charge in [-0.05, 0) is 38.8 Å². The zero-order chi connectivity index (χ0) is 20.4. The summed E-state index contributed by atoms with van der Waals surface area (Å²) in [5, 5.41) is 13.4. The van der Waals surface area contributed by atoms with Crippen LogP contribution in [0.3, 0.4) is 0 Å². The summed E-state index contributed by atoms with van der Waals surface area (Å²) in [6.07, 6.45) is 2.11. The van der Waals surface area contributed by atoms with Crippen LogP contribution in [-0.2, 0) is 0 Å². The summed E-state index contributed by atoms with van der Waals surface area (Å²) in [7, 11) is 0. The molecule has 0 radical (unpaired) electrons. The van der Waals surface area contributed by atoms with E-state index in [9.17, 15) is 18.7 Å². The molecule has 1 atom stereocenters. The van der Waals surface area contributed by atoms with Crippen molar-refractivity contribution < 1.29 is 18.7 Å². The van der Waals surface area contributed by atoms with E-state index in [0.29, 0.717) is 22.2 Å². The molecule has 0 aliphatic heterocycles. The smallest absolute Gasteiger partial charge is 0.408 e. The van der Waals surface area contributed by atoms with E-state index in [1.807, 2.05) is 0 Å². The van der Waals surface area contributed by atoms with E-state index < -0.39 is 24.2 Å². The second-order valence-electron chi connectivity index (χ2n) is 7.16. The number of anilines is 1.